The van der Waals surface area contributed by atoms with Crippen molar-refractivity contribution in [1.82, 2.24) is 9.55 Å². The number of sulfone groups is 1. The quantitative estimate of drug-likeness (QED) is 0.709. The summed E-state index contributed by atoms with van der Waals surface area (Å²) < 4.78 is 25.9. The van der Waals surface area contributed by atoms with Crippen LogP contribution in [-0.2, 0) is 22.6 Å². The minimum Gasteiger partial charge on any atom is -0.343 e. The Morgan fingerprint density at radius 3 is 2.71 bits per heavy atom. The predicted octanol–water partition coefficient (Wildman–Crippen LogP) is 3.82. The normalized spacial score (nSPS) is 11.8. The van der Waals surface area contributed by atoms with Gasteiger partial charge in [0, 0.05) is 47.2 Å². The van der Waals surface area contributed by atoms with Gasteiger partial charge >= 0.3 is 0 Å². The SMILES string of the molecule is C=Cc1c(-c2cncc(CS(=O)(=O)CC)c2)n(C)c2ccccc12. The Morgan fingerprint density at radius 2 is 2.00 bits per heavy atom. The smallest absolute Gasteiger partial charge is 0.154 e. The van der Waals surface area contributed by atoms with Gasteiger partial charge in [-0.1, -0.05) is 37.8 Å². The van der Waals surface area contributed by atoms with Crippen molar-refractivity contribution < 1.29 is 8.42 Å². The number of hydrogen-bond donors (Lipinski definition) is 0. The lowest BCUT2D eigenvalue weighted by Gasteiger charge is -2.08. The molecule has 0 saturated heterocycles. The van der Waals surface area contributed by atoms with Crippen LogP contribution in [0.3, 0.4) is 0 Å². The molecule has 0 fully saturated rings. The molecule has 24 heavy (non-hydrogen) atoms. The van der Waals surface area contributed by atoms with Crippen molar-refractivity contribution in [3.05, 3.63) is 60.4 Å². The van der Waals surface area contributed by atoms with Crippen molar-refractivity contribution >= 4 is 26.8 Å². The largest absolute Gasteiger partial charge is 0.343 e. The predicted molar refractivity (Wildman–Crippen MR) is 99.4 cm³/mol. The summed E-state index contributed by atoms with van der Waals surface area (Å²) in [5.74, 6) is 0.140. The summed E-state index contributed by atoms with van der Waals surface area (Å²) in [5.41, 5.74) is 4.73. The highest BCUT2D eigenvalue weighted by atomic mass is 32.2. The molecule has 0 bridgehead atoms. The maximum absolute atomic E-state index is 11.9. The standard InChI is InChI=1S/C19H20N2O2S/c1-4-16-17-8-6-7-9-18(17)21(3)19(16)15-10-14(11-20-12-15)13-24(22,23)5-2/h4,6-12H,1,5,13H2,2-3H3. The van der Waals surface area contributed by atoms with E-state index in [2.05, 4.69) is 28.3 Å². The van der Waals surface area contributed by atoms with E-state index in [1.807, 2.05) is 31.3 Å². The highest BCUT2D eigenvalue weighted by molar-refractivity contribution is 7.90. The molecular formula is C19H20N2O2S. The van der Waals surface area contributed by atoms with Gasteiger partial charge in [0.2, 0.25) is 0 Å². The van der Waals surface area contributed by atoms with Crippen molar-refractivity contribution in [1.29, 1.82) is 0 Å². The molecule has 0 unspecified atom stereocenters. The molecule has 2 heterocycles. The van der Waals surface area contributed by atoms with Gasteiger partial charge in [-0.05, 0) is 17.7 Å². The van der Waals surface area contributed by atoms with Gasteiger partial charge in [-0.15, -0.1) is 0 Å². The summed E-state index contributed by atoms with van der Waals surface area (Å²) in [6.07, 6.45) is 5.23. The minimum absolute atomic E-state index is 0.0116. The fourth-order valence-electron chi connectivity index (χ4n) is 3.03. The lowest BCUT2D eigenvalue weighted by atomic mass is 10.1. The van der Waals surface area contributed by atoms with Crippen molar-refractivity contribution in [2.75, 3.05) is 5.75 Å². The van der Waals surface area contributed by atoms with E-state index in [-0.39, 0.29) is 11.5 Å². The number of aryl methyl sites for hydroxylation is 1. The number of fused-ring (bicyclic) bond motifs is 1. The molecule has 0 N–H and O–H groups in total. The maximum atomic E-state index is 11.9. The zero-order valence-corrected chi connectivity index (χ0v) is 14.7. The van der Waals surface area contributed by atoms with Gasteiger partial charge in [0.15, 0.2) is 9.84 Å². The molecule has 124 valence electrons. The third kappa shape index (κ3) is 2.87. The fraction of sp³-hybridized carbons (Fsp3) is 0.211. The number of benzene rings is 1. The van der Waals surface area contributed by atoms with Gasteiger partial charge in [0.05, 0.1) is 11.4 Å². The van der Waals surface area contributed by atoms with Crippen molar-refractivity contribution in [2.24, 2.45) is 7.05 Å². The fourth-order valence-corrected chi connectivity index (χ4v) is 3.90. The Bertz CT molecular complexity index is 1020. The minimum atomic E-state index is -3.09. The van der Waals surface area contributed by atoms with E-state index in [0.717, 1.165) is 27.7 Å². The molecule has 0 aliphatic carbocycles. The zero-order chi connectivity index (χ0) is 17.3. The first-order valence-corrected chi connectivity index (χ1v) is 9.63. The second-order valence-electron chi connectivity index (χ2n) is 5.80. The van der Waals surface area contributed by atoms with Crippen LogP contribution in [0.2, 0.25) is 0 Å². The Hall–Kier alpha value is -2.40. The van der Waals surface area contributed by atoms with E-state index < -0.39 is 9.84 Å². The molecule has 2 aromatic heterocycles. The summed E-state index contributed by atoms with van der Waals surface area (Å²) in [6, 6.07) is 10.0. The van der Waals surface area contributed by atoms with E-state index in [1.165, 1.54) is 0 Å². The summed E-state index contributed by atoms with van der Waals surface area (Å²) in [4.78, 5) is 4.25. The number of pyridine rings is 1. The van der Waals surface area contributed by atoms with Crippen molar-refractivity contribution in [3.8, 4) is 11.3 Å². The molecule has 3 rings (SSSR count). The van der Waals surface area contributed by atoms with Crippen molar-refractivity contribution in [3.63, 3.8) is 0 Å². The molecule has 0 saturated carbocycles. The molecule has 0 radical (unpaired) electrons. The van der Waals surface area contributed by atoms with Crippen LogP contribution in [0.4, 0.5) is 0 Å². The van der Waals surface area contributed by atoms with E-state index in [4.69, 9.17) is 0 Å². The van der Waals surface area contributed by atoms with E-state index in [0.29, 0.717) is 5.56 Å². The number of rotatable bonds is 5. The van der Waals surface area contributed by atoms with Gasteiger partial charge in [-0.2, -0.15) is 0 Å². The zero-order valence-electron chi connectivity index (χ0n) is 13.9. The van der Waals surface area contributed by atoms with Crippen LogP contribution < -0.4 is 0 Å². The molecule has 3 aromatic rings. The van der Waals surface area contributed by atoms with Crippen LogP contribution in [0.5, 0.6) is 0 Å². The van der Waals surface area contributed by atoms with Crippen LogP contribution in [-0.4, -0.2) is 23.7 Å². The lowest BCUT2D eigenvalue weighted by molar-refractivity contribution is 0.596. The monoisotopic (exact) mass is 340 g/mol. The molecule has 0 aliphatic heterocycles. The Morgan fingerprint density at radius 1 is 1.25 bits per heavy atom. The van der Waals surface area contributed by atoms with E-state index in [9.17, 15) is 8.42 Å². The first-order chi connectivity index (χ1) is 11.5. The summed E-state index contributed by atoms with van der Waals surface area (Å²) >= 11 is 0. The average molecular weight is 340 g/mol. The molecule has 0 amide bonds. The number of hydrogen-bond acceptors (Lipinski definition) is 3. The number of aromatic nitrogens is 2. The summed E-state index contributed by atoms with van der Waals surface area (Å²) in [7, 11) is -1.09. The van der Waals surface area contributed by atoms with Crippen LogP contribution in [0.1, 0.15) is 18.1 Å². The highest BCUT2D eigenvalue weighted by Crippen LogP contribution is 2.33. The average Bonchev–Trinajstić information content (AvgIpc) is 2.87. The Kier molecular flexibility index (Phi) is 4.28. The Labute approximate surface area is 142 Å². The Balaban J connectivity index is 2.18. The van der Waals surface area contributed by atoms with Gasteiger partial charge in [-0.25, -0.2) is 8.42 Å². The van der Waals surface area contributed by atoms with Crippen LogP contribution in [0.25, 0.3) is 28.2 Å². The first-order valence-electron chi connectivity index (χ1n) is 7.81. The molecule has 0 atom stereocenters. The molecule has 0 aliphatic rings. The second kappa shape index (κ2) is 6.24. The van der Waals surface area contributed by atoms with Crippen LogP contribution in [0.15, 0.2) is 49.3 Å². The lowest BCUT2D eigenvalue weighted by Crippen LogP contribution is -2.07. The third-order valence-corrected chi connectivity index (χ3v) is 5.90. The van der Waals surface area contributed by atoms with Crippen LogP contribution in [0, 0.1) is 0 Å². The van der Waals surface area contributed by atoms with Gasteiger partial charge < -0.3 is 4.57 Å². The molecular weight excluding hydrogens is 320 g/mol. The molecule has 0 spiro atoms. The number of para-hydroxylation sites is 1. The first kappa shape index (κ1) is 16.5. The van der Waals surface area contributed by atoms with Gasteiger partial charge in [0.25, 0.3) is 0 Å². The van der Waals surface area contributed by atoms with Gasteiger partial charge in [0.1, 0.15) is 0 Å². The summed E-state index contributed by atoms with van der Waals surface area (Å²) in [6.45, 7) is 5.61. The third-order valence-electron chi connectivity index (χ3n) is 4.24. The molecule has 4 nitrogen and oxygen atoms in total. The molecule has 5 heteroatoms. The van der Waals surface area contributed by atoms with E-state index >= 15 is 0 Å². The van der Waals surface area contributed by atoms with E-state index in [1.54, 1.807) is 19.3 Å². The summed E-state index contributed by atoms with van der Waals surface area (Å²) in [5, 5.41) is 1.12. The number of nitrogens with zero attached hydrogens (tertiary/aromatic N) is 2. The van der Waals surface area contributed by atoms with Crippen molar-refractivity contribution in [2.45, 2.75) is 12.7 Å². The van der Waals surface area contributed by atoms with Crippen LogP contribution >= 0.6 is 0 Å². The maximum Gasteiger partial charge on any atom is 0.154 e. The second-order valence-corrected chi connectivity index (χ2v) is 8.15. The highest BCUT2D eigenvalue weighted by Gasteiger charge is 2.16. The topological polar surface area (TPSA) is 52.0 Å². The molecule has 1 aromatic carbocycles. The van der Waals surface area contributed by atoms with Gasteiger partial charge in [-0.3, -0.25) is 4.98 Å².